The fraction of sp³-hybridized carbons (Fsp3) is 0.409. The number of halogens is 1. The highest BCUT2D eigenvalue weighted by atomic mass is 35.5. The number of rotatable bonds is 9. The number of amides is 1. The number of carbonyl (C=O) groups is 1. The molecular formula is C22H29ClN4O3S. The molecule has 168 valence electrons. The Bertz CT molecular complexity index is 964. The Morgan fingerprint density at radius 1 is 1.06 bits per heavy atom. The van der Waals surface area contributed by atoms with E-state index in [2.05, 4.69) is 26.9 Å². The smallest absolute Gasteiger partial charge is 0.240 e. The summed E-state index contributed by atoms with van der Waals surface area (Å²) in [4.78, 5) is 17.3. The number of piperazine rings is 1. The summed E-state index contributed by atoms with van der Waals surface area (Å²) >= 11 is 5.88. The topological polar surface area (TPSA) is 81.8 Å². The molecule has 1 aliphatic heterocycles. The standard InChI is InChI=1S/C22H29ClN4O3S/c1-26-12-14-27(15-13-26)17-21(18-6-3-2-4-7-18)25-22(28)10-11-24-31(29,30)20-9-5-8-19(23)16-20/h2-9,16,21,24H,10-15,17H2,1H3,(H,25,28). The minimum Gasteiger partial charge on any atom is -0.348 e. The van der Waals surface area contributed by atoms with Crippen LogP contribution in [0, 0.1) is 0 Å². The summed E-state index contributed by atoms with van der Waals surface area (Å²) in [5.41, 5.74) is 1.04. The second kappa shape index (κ2) is 11.1. The van der Waals surface area contributed by atoms with E-state index in [-0.39, 0.29) is 29.8 Å². The largest absolute Gasteiger partial charge is 0.348 e. The van der Waals surface area contributed by atoms with E-state index < -0.39 is 10.0 Å². The summed E-state index contributed by atoms with van der Waals surface area (Å²) < 4.78 is 27.2. The van der Waals surface area contributed by atoms with Crippen molar-refractivity contribution in [2.24, 2.45) is 0 Å². The zero-order chi connectivity index (χ0) is 22.3. The van der Waals surface area contributed by atoms with Gasteiger partial charge >= 0.3 is 0 Å². The van der Waals surface area contributed by atoms with Gasteiger partial charge in [-0.2, -0.15) is 0 Å². The molecule has 31 heavy (non-hydrogen) atoms. The molecule has 0 spiro atoms. The van der Waals surface area contributed by atoms with E-state index in [1.54, 1.807) is 12.1 Å². The van der Waals surface area contributed by atoms with Crippen molar-refractivity contribution < 1.29 is 13.2 Å². The molecule has 1 aliphatic rings. The maximum absolute atomic E-state index is 12.6. The Labute approximate surface area is 189 Å². The Morgan fingerprint density at radius 2 is 1.77 bits per heavy atom. The molecule has 2 aromatic rings. The van der Waals surface area contributed by atoms with Crippen LogP contribution in [0.25, 0.3) is 0 Å². The summed E-state index contributed by atoms with van der Waals surface area (Å²) in [5, 5.41) is 3.42. The van der Waals surface area contributed by atoms with E-state index in [4.69, 9.17) is 11.6 Å². The van der Waals surface area contributed by atoms with E-state index >= 15 is 0 Å². The van der Waals surface area contributed by atoms with Crippen LogP contribution >= 0.6 is 11.6 Å². The monoisotopic (exact) mass is 464 g/mol. The molecule has 0 aliphatic carbocycles. The molecule has 1 amide bonds. The SMILES string of the molecule is CN1CCN(CC(NC(=O)CCNS(=O)(=O)c2cccc(Cl)c2)c2ccccc2)CC1. The molecule has 9 heteroatoms. The lowest BCUT2D eigenvalue weighted by Gasteiger charge is -2.35. The molecule has 7 nitrogen and oxygen atoms in total. The number of nitrogens with zero attached hydrogens (tertiary/aromatic N) is 2. The first kappa shape index (κ1) is 23.7. The number of sulfonamides is 1. The van der Waals surface area contributed by atoms with Gasteiger partial charge in [-0.1, -0.05) is 48.0 Å². The van der Waals surface area contributed by atoms with Crippen molar-refractivity contribution >= 4 is 27.5 Å². The van der Waals surface area contributed by atoms with Crippen molar-refractivity contribution in [1.82, 2.24) is 19.8 Å². The van der Waals surface area contributed by atoms with Gasteiger partial charge < -0.3 is 10.2 Å². The van der Waals surface area contributed by atoms with E-state index in [0.29, 0.717) is 5.02 Å². The third-order valence-electron chi connectivity index (χ3n) is 5.32. The summed E-state index contributed by atoms with van der Waals surface area (Å²) in [5.74, 6) is -0.197. The fourth-order valence-electron chi connectivity index (χ4n) is 3.49. The maximum atomic E-state index is 12.6. The summed E-state index contributed by atoms with van der Waals surface area (Å²) in [6, 6.07) is 15.7. The second-order valence-corrected chi connectivity index (χ2v) is 9.94. The van der Waals surface area contributed by atoms with Crippen molar-refractivity contribution in [1.29, 1.82) is 0 Å². The highest BCUT2D eigenvalue weighted by molar-refractivity contribution is 7.89. The Morgan fingerprint density at radius 3 is 2.45 bits per heavy atom. The van der Waals surface area contributed by atoms with Gasteiger partial charge in [0.25, 0.3) is 0 Å². The molecule has 1 atom stereocenters. The zero-order valence-electron chi connectivity index (χ0n) is 17.6. The molecule has 0 aromatic heterocycles. The quantitative estimate of drug-likeness (QED) is 0.594. The molecule has 1 fully saturated rings. The van der Waals surface area contributed by atoms with Gasteiger partial charge in [0.1, 0.15) is 0 Å². The first-order chi connectivity index (χ1) is 14.8. The summed E-state index contributed by atoms with van der Waals surface area (Å²) in [6.45, 7) is 4.64. The summed E-state index contributed by atoms with van der Waals surface area (Å²) in [6.07, 6.45) is 0.0475. The lowest BCUT2D eigenvalue weighted by molar-refractivity contribution is -0.121. The van der Waals surface area contributed by atoms with Gasteiger partial charge in [0.05, 0.1) is 10.9 Å². The molecule has 0 radical (unpaired) electrons. The van der Waals surface area contributed by atoms with Crippen LogP contribution in [0.15, 0.2) is 59.5 Å². The third-order valence-corrected chi connectivity index (χ3v) is 7.02. The first-order valence-electron chi connectivity index (χ1n) is 10.3. The second-order valence-electron chi connectivity index (χ2n) is 7.74. The van der Waals surface area contributed by atoms with E-state index in [9.17, 15) is 13.2 Å². The highest BCUT2D eigenvalue weighted by Gasteiger charge is 2.21. The number of nitrogens with one attached hydrogen (secondary N) is 2. The van der Waals surface area contributed by atoms with E-state index in [0.717, 1.165) is 38.3 Å². The van der Waals surface area contributed by atoms with Crippen molar-refractivity contribution in [2.75, 3.05) is 46.3 Å². The molecule has 2 N–H and O–H groups in total. The molecular weight excluding hydrogens is 436 g/mol. The Balaban J connectivity index is 1.56. The Kier molecular flexibility index (Phi) is 8.45. The van der Waals surface area contributed by atoms with E-state index in [1.165, 1.54) is 12.1 Å². The normalized spacial score (nSPS) is 16.7. The fourth-order valence-corrected chi connectivity index (χ4v) is 4.82. The number of hydrogen-bond donors (Lipinski definition) is 2. The average molecular weight is 465 g/mol. The average Bonchev–Trinajstić information content (AvgIpc) is 2.75. The van der Waals surface area contributed by atoms with Gasteiger partial charge in [-0.25, -0.2) is 13.1 Å². The van der Waals surface area contributed by atoms with Gasteiger partial charge in [0.15, 0.2) is 0 Å². The van der Waals surface area contributed by atoms with Gasteiger partial charge in [0.2, 0.25) is 15.9 Å². The van der Waals surface area contributed by atoms with E-state index in [1.807, 2.05) is 30.3 Å². The van der Waals surface area contributed by atoms with Crippen molar-refractivity contribution in [2.45, 2.75) is 17.4 Å². The molecule has 0 bridgehead atoms. The van der Waals surface area contributed by atoms with Crippen LogP contribution in [0.1, 0.15) is 18.0 Å². The lowest BCUT2D eigenvalue weighted by atomic mass is 10.1. The number of carbonyl (C=O) groups excluding carboxylic acids is 1. The third kappa shape index (κ3) is 7.29. The maximum Gasteiger partial charge on any atom is 0.240 e. The van der Waals surface area contributed by atoms with Gasteiger partial charge in [-0.05, 0) is 30.8 Å². The molecule has 1 saturated heterocycles. The van der Waals surface area contributed by atoms with Crippen LogP contribution in [0.3, 0.4) is 0 Å². The minimum atomic E-state index is -3.71. The predicted molar refractivity (Wildman–Crippen MR) is 123 cm³/mol. The van der Waals surface area contributed by atoms with Gasteiger partial charge in [-0.15, -0.1) is 0 Å². The zero-order valence-corrected chi connectivity index (χ0v) is 19.2. The molecule has 1 heterocycles. The predicted octanol–water partition coefficient (Wildman–Crippen LogP) is 2.11. The molecule has 1 unspecified atom stereocenters. The van der Waals surface area contributed by atoms with Crippen LogP contribution in [-0.4, -0.2) is 70.4 Å². The summed E-state index contributed by atoms with van der Waals surface area (Å²) in [7, 11) is -1.60. The van der Waals surface area contributed by atoms with Crippen LogP contribution < -0.4 is 10.0 Å². The molecule has 3 rings (SSSR count). The van der Waals surface area contributed by atoms with Crippen LogP contribution in [0.5, 0.6) is 0 Å². The minimum absolute atomic E-state index is 0.0106. The lowest BCUT2D eigenvalue weighted by Crippen LogP contribution is -2.48. The van der Waals surface area contributed by atoms with Gasteiger partial charge in [-0.3, -0.25) is 9.69 Å². The van der Waals surface area contributed by atoms with Crippen LogP contribution in [-0.2, 0) is 14.8 Å². The molecule has 0 saturated carbocycles. The first-order valence-corrected chi connectivity index (χ1v) is 12.2. The molecule has 2 aromatic carbocycles. The van der Waals surface area contributed by atoms with Crippen molar-refractivity contribution in [3.05, 3.63) is 65.2 Å². The van der Waals surface area contributed by atoms with Crippen LogP contribution in [0.2, 0.25) is 5.02 Å². The number of likely N-dealkylation sites (N-methyl/N-ethyl adjacent to an activating group) is 1. The number of hydrogen-bond acceptors (Lipinski definition) is 5. The Hall–Kier alpha value is -1.97. The van der Waals surface area contributed by atoms with Crippen molar-refractivity contribution in [3.8, 4) is 0 Å². The highest BCUT2D eigenvalue weighted by Crippen LogP contribution is 2.17. The van der Waals surface area contributed by atoms with Crippen molar-refractivity contribution in [3.63, 3.8) is 0 Å². The van der Waals surface area contributed by atoms with Crippen LogP contribution in [0.4, 0.5) is 0 Å². The number of benzene rings is 2. The van der Waals surface area contributed by atoms with Gasteiger partial charge in [0, 0.05) is 50.7 Å².